The number of nitro groups is 1. The molecule has 2 N–H and O–H groups in total. The van der Waals surface area contributed by atoms with E-state index >= 15 is 0 Å². The van der Waals surface area contributed by atoms with Crippen LogP contribution in [0.4, 0.5) is 15.8 Å². The van der Waals surface area contributed by atoms with Crippen molar-refractivity contribution < 1.29 is 19.2 Å². The number of benzene rings is 1. The lowest BCUT2D eigenvalue weighted by molar-refractivity contribution is -0.384. The zero-order chi connectivity index (χ0) is 14.7. The molecule has 0 fully saturated rings. The zero-order valence-electron chi connectivity index (χ0n) is 10.2. The van der Waals surface area contributed by atoms with Gasteiger partial charge in [-0.25, -0.2) is 9.18 Å². The van der Waals surface area contributed by atoms with Crippen LogP contribution in [-0.2, 0) is 4.79 Å². The summed E-state index contributed by atoms with van der Waals surface area (Å²) in [7, 11) is 0. The zero-order valence-corrected chi connectivity index (χ0v) is 12.3. The summed E-state index contributed by atoms with van der Waals surface area (Å²) >= 11 is 1.64. The molecule has 0 radical (unpaired) electrons. The largest absolute Gasteiger partial charge is 0.480 e. The standard InChI is InChI=1S/C11H12FIN2O4/c1-5(2)10(11(16)17)14-8-3-6(12)7(13)4-9(8)15(18)19/h3-5,10,14H,1-2H3,(H,16,17). The number of anilines is 1. The highest BCUT2D eigenvalue weighted by molar-refractivity contribution is 14.1. The van der Waals surface area contributed by atoms with Crippen LogP contribution >= 0.6 is 22.6 Å². The third kappa shape index (κ3) is 3.75. The first-order valence-electron chi connectivity index (χ1n) is 5.36. The molecule has 19 heavy (non-hydrogen) atoms. The molecule has 1 aromatic rings. The number of carboxylic acid groups (broad SMARTS) is 1. The molecule has 0 aliphatic rings. The fourth-order valence-corrected chi connectivity index (χ4v) is 1.93. The van der Waals surface area contributed by atoms with Gasteiger partial charge in [0.05, 0.1) is 8.49 Å². The van der Waals surface area contributed by atoms with E-state index in [4.69, 9.17) is 5.11 Å². The molecule has 1 aromatic carbocycles. The van der Waals surface area contributed by atoms with Gasteiger partial charge < -0.3 is 10.4 Å². The number of hydrogen-bond acceptors (Lipinski definition) is 4. The Labute approximate surface area is 122 Å². The number of halogens is 2. The summed E-state index contributed by atoms with van der Waals surface area (Å²) in [6, 6.07) is 0.980. The van der Waals surface area contributed by atoms with E-state index in [1.807, 2.05) is 0 Å². The maximum absolute atomic E-state index is 13.5. The molecule has 1 atom stereocenters. The smallest absolute Gasteiger partial charge is 0.326 e. The topological polar surface area (TPSA) is 92.5 Å². The van der Waals surface area contributed by atoms with Crippen molar-refractivity contribution in [2.45, 2.75) is 19.9 Å². The monoisotopic (exact) mass is 382 g/mol. The van der Waals surface area contributed by atoms with Gasteiger partial charge in [-0.1, -0.05) is 13.8 Å². The summed E-state index contributed by atoms with van der Waals surface area (Å²) < 4.78 is 13.6. The third-order valence-electron chi connectivity index (χ3n) is 2.48. The van der Waals surface area contributed by atoms with Gasteiger partial charge in [0.2, 0.25) is 0 Å². The number of nitrogens with one attached hydrogen (secondary N) is 1. The van der Waals surface area contributed by atoms with Gasteiger partial charge in [-0.2, -0.15) is 0 Å². The molecule has 1 rings (SSSR count). The van der Waals surface area contributed by atoms with E-state index in [1.165, 1.54) is 0 Å². The Bertz CT molecular complexity index is 522. The lowest BCUT2D eigenvalue weighted by Gasteiger charge is -2.19. The molecule has 0 amide bonds. The first-order valence-corrected chi connectivity index (χ1v) is 6.44. The van der Waals surface area contributed by atoms with Crippen LogP contribution in [0.15, 0.2) is 12.1 Å². The molecule has 0 saturated carbocycles. The Morgan fingerprint density at radius 2 is 2.11 bits per heavy atom. The SMILES string of the molecule is CC(C)C(Nc1cc(F)c(I)cc1[N+](=O)[O-])C(=O)O. The first kappa shape index (κ1) is 15.6. The Morgan fingerprint density at radius 1 is 1.53 bits per heavy atom. The fraction of sp³-hybridized carbons (Fsp3) is 0.364. The quantitative estimate of drug-likeness (QED) is 0.464. The summed E-state index contributed by atoms with van der Waals surface area (Å²) in [5.41, 5.74) is -0.485. The maximum Gasteiger partial charge on any atom is 0.326 e. The minimum Gasteiger partial charge on any atom is -0.480 e. The van der Waals surface area contributed by atoms with Crippen LogP contribution in [-0.4, -0.2) is 22.0 Å². The summed E-state index contributed by atoms with van der Waals surface area (Å²) in [6.45, 7) is 3.31. The highest BCUT2D eigenvalue weighted by Crippen LogP contribution is 2.29. The highest BCUT2D eigenvalue weighted by atomic mass is 127. The van der Waals surface area contributed by atoms with Gasteiger partial charge in [-0.15, -0.1) is 0 Å². The Kier molecular flexibility index (Phi) is 5.04. The minimum atomic E-state index is -1.15. The van der Waals surface area contributed by atoms with Gasteiger partial charge in [-0.3, -0.25) is 10.1 Å². The summed E-state index contributed by atoms with van der Waals surface area (Å²) in [5, 5.41) is 22.4. The van der Waals surface area contributed by atoms with E-state index in [1.54, 1.807) is 36.4 Å². The van der Waals surface area contributed by atoms with Crippen LogP contribution in [0.5, 0.6) is 0 Å². The van der Waals surface area contributed by atoms with Crippen molar-refractivity contribution in [3.8, 4) is 0 Å². The second-order valence-electron chi connectivity index (χ2n) is 4.24. The molecule has 0 heterocycles. The van der Waals surface area contributed by atoms with Gasteiger partial charge in [-0.05, 0) is 28.5 Å². The predicted octanol–water partition coefficient (Wildman–Crippen LogP) is 2.86. The van der Waals surface area contributed by atoms with Crippen LogP contribution < -0.4 is 5.32 Å². The molecule has 0 bridgehead atoms. The lowest BCUT2D eigenvalue weighted by Crippen LogP contribution is -2.34. The van der Waals surface area contributed by atoms with E-state index < -0.39 is 22.8 Å². The Hall–Kier alpha value is -1.45. The lowest BCUT2D eigenvalue weighted by atomic mass is 10.0. The molecule has 0 aliphatic carbocycles. The van der Waals surface area contributed by atoms with Crippen LogP contribution in [0.25, 0.3) is 0 Å². The molecule has 8 heteroatoms. The number of carboxylic acids is 1. The van der Waals surface area contributed by atoms with Crippen molar-refractivity contribution in [2.75, 3.05) is 5.32 Å². The summed E-state index contributed by atoms with van der Waals surface area (Å²) in [5.74, 6) is -2.09. The molecule has 0 aliphatic heterocycles. The van der Waals surface area contributed by atoms with Crippen LogP contribution in [0.1, 0.15) is 13.8 Å². The molecule has 104 valence electrons. The van der Waals surface area contributed by atoms with Crippen LogP contribution in [0.3, 0.4) is 0 Å². The predicted molar refractivity (Wildman–Crippen MR) is 75.7 cm³/mol. The van der Waals surface area contributed by atoms with Crippen molar-refractivity contribution in [1.82, 2.24) is 0 Å². The van der Waals surface area contributed by atoms with E-state index in [-0.39, 0.29) is 20.9 Å². The van der Waals surface area contributed by atoms with E-state index in [0.717, 1.165) is 12.1 Å². The Balaban J connectivity index is 3.22. The molecular formula is C11H12FIN2O4. The average molecular weight is 382 g/mol. The highest BCUT2D eigenvalue weighted by Gasteiger charge is 2.26. The van der Waals surface area contributed by atoms with Gasteiger partial charge in [0.15, 0.2) is 0 Å². The summed E-state index contributed by atoms with van der Waals surface area (Å²) in [4.78, 5) is 21.3. The van der Waals surface area contributed by atoms with Gasteiger partial charge in [0, 0.05) is 12.1 Å². The van der Waals surface area contributed by atoms with Crippen LogP contribution in [0, 0.1) is 25.4 Å². The minimum absolute atomic E-state index is 0.103. The van der Waals surface area contributed by atoms with Crippen LogP contribution in [0.2, 0.25) is 0 Å². The van der Waals surface area contributed by atoms with E-state index in [9.17, 15) is 19.3 Å². The molecule has 0 spiro atoms. The fourth-order valence-electron chi connectivity index (χ4n) is 1.48. The number of nitro benzene ring substituents is 1. The summed E-state index contributed by atoms with van der Waals surface area (Å²) in [6.07, 6.45) is 0. The first-order chi connectivity index (χ1) is 8.73. The van der Waals surface area contributed by atoms with E-state index in [0.29, 0.717) is 0 Å². The second-order valence-corrected chi connectivity index (χ2v) is 5.41. The number of rotatable bonds is 5. The second kappa shape index (κ2) is 6.13. The molecular weight excluding hydrogens is 370 g/mol. The van der Waals surface area contributed by atoms with E-state index in [2.05, 4.69) is 5.32 Å². The number of aliphatic carboxylic acids is 1. The maximum atomic E-state index is 13.5. The molecule has 1 unspecified atom stereocenters. The molecule has 6 nitrogen and oxygen atoms in total. The van der Waals surface area contributed by atoms with Crippen molar-refractivity contribution >= 4 is 39.9 Å². The average Bonchev–Trinajstić information content (AvgIpc) is 2.28. The van der Waals surface area contributed by atoms with Gasteiger partial charge >= 0.3 is 5.97 Å². The number of hydrogen-bond donors (Lipinski definition) is 2. The van der Waals surface area contributed by atoms with Gasteiger partial charge in [0.1, 0.15) is 17.5 Å². The van der Waals surface area contributed by atoms with Crippen molar-refractivity contribution in [1.29, 1.82) is 0 Å². The number of carbonyl (C=O) groups is 1. The van der Waals surface area contributed by atoms with Crippen molar-refractivity contribution in [3.05, 3.63) is 31.6 Å². The third-order valence-corrected chi connectivity index (χ3v) is 3.31. The molecule has 0 aromatic heterocycles. The van der Waals surface area contributed by atoms with Gasteiger partial charge in [0.25, 0.3) is 5.69 Å². The Morgan fingerprint density at radius 3 is 2.53 bits per heavy atom. The van der Waals surface area contributed by atoms with Crippen molar-refractivity contribution in [2.24, 2.45) is 5.92 Å². The van der Waals surface area contributed by atoms with Crippen molar-refractivity contribution in [3.63, 3.8) is 0 Å². The number of nitrogens with zero attached hydrogens (tertiary/aromatic N) is 1. The molecule has 0 saturated heterocycles. The normalized spacial score (nSPS) is 12.3.